The van der Waals surface area contributed by atoms with Crippen LogP contribution in [0.4, 0.5) is 14.9 Å². The predicted molar refractivity (Wildman–Crippen MR) is 114 cm³/mol. The quantitative estimate of drug-likeness (QED) is 0.458. The number of nitrogens with one attached hydrogen (secondary N) is 1. The first kappa shape index (κ1) is 18.4. The Morgan fingerprint density at radius 2 is 1.87 bits per heavy atom. The van der Waals surface area contributed by atoms with Crippen molar-refractivity contribution in [2.75, 3.05) is 11.9 Å². The van der Waals surface area contributed by atoms with Crippen LogP contribution in [-0.4, -0.2) is 22.5 Å². The summed E-state index contributed by atoms with van der Waals surface area (Å²) < 4.78 is 20.1. The molecule has 1 aromatic heterocycles. The van der Waals surface area contributed by atoms with Crippen molar-refractivity contribution in [2.45, 2.75) is 18.9 Å². The van der Waals surface area contributed by atoms with Crippen LogP contribution in [-0.2, 0) is 0 Å². The molecule has 0 aliphatic carbocycles. The van der Waals surface area contributed by atoms with Gasteiger partial charge in [-0.05, 0) is 48.7 Å². The normalized spacial score (nSPS) is 16.2. The Morgan fingerprint density at radius 1 is 1.07 bits per heavy atom. The zero-order chi connectivity index (χ0) is 20.5. The second kappa shape index (κ2) is 7.63. The number of fused-ring (bicyclic) bond motifs is 1. The first-order valence-corrected chi connectivity index (χ1v) is 9.97. The molecule has 1 saturated heterocycles. The molecular formula is C24H20FN3O2. The van der Waals surface area contributed by atoms with E-state index in [9.17, 15) is 9.18 Å². The Morgan fingerprint density at radius 3 is 2.70 bits per heavy atom. The molecule has 3 aromatic carbocycles. The first-order chi connectivity index (χ1) is 14.7. The van der Waals surface area contributed by atoms with Gasteiger partial charge in [0.05, 0.1) is 0 Å². The van der Waals surface area contributed by atoms with Crippen LogP contribution in [0, 0.1) is 5.82 Å². The van der Waals surface area contributed by atoms with E-state index in [4.69, 9.17) is 4.42 Å². The molecule has 6 heteroatoms. The van der Waals surface area contributed by atoms with Gasteiger partial charge in [0.25, 0.3) is 0 Å². The van der Waals surface area contributed by atoms with Crippen molar-refractivity contribution >= 4 is 22.8 Å². The summed E-state index contributed by atoms with van der Waals surface area (Å²) in [6.07, 6.45) is 1.67. The van der Waals surface area contributed by atoms with E-state index in [2.05, 4.69) is 10.3 Å². The molecule has 0 radical (unpaired) electrons. The lowest BCUT2D eigenvalue weighted by Crippen LogP contribution is -2.34. The number of para-hydroxylation sites is 1. The van der Waals surface area contributed by atoms with Gasteiger partial charge >= 0.3 is 6.03 Å². The van der Waals surface area contributed by atoms with Crippen molar-refractivity contribution in [3.8, 4) is 11.1 Å². The van der Waals surface area contributed by atoms with Gasteiger partial charge < -0.3 is 14.6 Å². The standard InChI is InChI=1S/C24H20FN3O2/c25-19-10-5-4-9-18(19)16-12-13-22-20(15-16)27-23(30-22)21-11-6-14-28(21)24(29)26-17-7-2-1-3-8-17/h1-5,7-10,12-13,15,21H,6,11,14H2,(H,26,29). The average Bonchev–Trinajstić information content (AvgIpc) is 3.41. The van der Waals surface area contributed by atoms with Crippen LogP contribution in [0.15, 0.2) is 77.2 Å². The molecule has 0 bridgehead atoms. The highest BCUT2D eigenvalue weighted by Crippen LogP contribution is 2.35. The number of urea groups is 1. The number of oxazole rings is 1. The number of benzene rings is 3. The highest BCUT2D eigenvalue weighted by molar-refractivity contribution is 5.89. The van der Waals surface area contributed by atoms with Gasteiger partial charge in [-0.3, -0.25) is 0 Å². The largest absolute Gasteiger partial charge is 0.438 e. The minimum atomic E-state index is -0.278. The molecule has 5 nitrogen and oxygen atoms in total. The van der Waals surface area contributed by atoms with Gasteiger partial charge in [0.2, 0.25) is 5.89 Å². The zero-order valence-electron chi connectivity index (χ0n) is 16.2. The number of rotatable bonds is 3. The van der Waals surface area contributed by atoms with Crippen molar-refractivity contribution in [1.82, 2.24) is 9.88 Å². The third kappa shape index (κ3) is 3.41. The fraction of sp³-hybridized carbons (Fsp3) is 0.167. The summed E-state index contributed by atoms with van der Waals surface area (Å²) in [5.74, 6) is 0.233. The summed E-state index contributed by atoms with van der Waals surface area (Å²) in [4.78, 5) is 19.2. The molecule has 2 amide bonds. The van der Waals surface area contributed by atoms with Crippen LogP contribution in [0.3, 0.4) is 0 Å². The predicted octanol–water partition coefficient (Wildman–Crippen LogP) is 6.00. The number of likely N-dealkylation sites (tertiary alicyclic amines) is 1. The van der Waals surface area contributed by atoms with Gasteiger partial charge in [0, 0.05) is 17.8 Å². The van der Waals surface area contributed by atoms with Gasteiger partial charge in [0.15, 0.2) is 5.58 Å². The molecular weight excluding hydrogens is 381 g/mol. The summed E-state index contributed by atoms with van der Waals surface area (Å²) >= 11 is 0. The third-order valence-corrected chi connectivity index (χ3v) is 5.41. The average molecular weight is 401 g/mol. The molecule has 1 atom stereocenters. The molecule has 4 aromatic rings. The Kier molecular flexibility index (Phi) is 4.67. The van der Waals surface area contributed by atoms with Crippen LogP contribution < -0.4 is 5.32 Å². The van der Waals surface area contributed by atoms with Crippen molar-refractivity contribution < 1.29 is 13.6 Å². The smallest absolute Gasteiger partial charge is 0.322 e. The summed E-state index contributed by atoms with van der Waals surface area (Å²) in [5, 5.41) is 2.93. The number of amides is 2. The van der Waals surface area contributed by atoms with E-state index < -0.39 is 0 Å². The van der Waals surface area contributed by atoms with Crippen LogP contribution >= 0.6 is 0 Å². The zero-order valence-corrected chi connectivity index (χ0v) is 16.2. The number of aromatic nitrogens is 1. The molecule has 1 unspecified atom stereocenters. The molecule has 5 rings (SSSR count). The van der Waals surface area contributed by atoms with Crippen LogP contribution in [0.25, 0.3) is 22.2 Å². The molecule has 1 N–H and O–H groups in total. The number of hydrogen-bond donors (Lipinski definition) is 1. The van der Waals surface area contributed by atoms with E-state index in [-0.39, 0.29) is 17.9 Å². The molecule has 1 aliphatic heterocycles. The van der Waals surface area contributed by atoms with Crippen LogP contribution in [0.5, 0.6) is 0 Å². The van der Waals surface area contributed by atoms with E-state index in [1.165, 1.54) is 6.07 Å². The highest BCUT2D eigenvalue weighted by atomic mass is 19.1. The second-order valence-electron chi connectivity index (χ2n) is 7.36. The first-order valence-electron chi connectivity index (χ1n) is 9.97. The van der Waals surface area contributed by atoms with E-state index in [1.807, 2.05) is 42.5 Å². The Hall–Kier alpha value is -3.67. The maximum Gasteiger partial charge on any atom is 0.322 e. The van der Waals surface area contributed by atoms with Gasteiger partial charge in [-0.15, -0.1) is 0 Å². The maximum absolute atomic E-state index is 14.2. The van der Waals surface area contributed by atoms with Crippen molar-refractivity contribution in [2.24, 2.45) is 0 Å². The van der Waals surface area contributed by atoms with E-state index in [0.717, 1.165) is 24.1 Å². The number of nitrogens with zero attached hydrogens (tertiary/aromatic N) is 2. The molecule has 1 aliphatic rings. The molecule has 0 saturated carbocycles. The Labute approximate surface area is 173 Å². The minimum Gasteiger partial charge on any atom is -0.438 e. The third-order valence-electron chi connectivity index (χ3n) is 5.41. The fourth-order valence-corrected chi connectivity index (χ4v) is 3.93. The highest BCUT2D eigenvalue weighted by Gasteiger charge is 2.33. The van der Waals surface area contributed by atoms with E-state index in [1.54, 1.807) is 29.2 Å². The Bertz CT molecular complexity index is 1210. The molecule has 30 heavy (non-hydrogen) atoms. The van der Waals surface area contributed by atoms with E-state index in [0.29, 0.717) is 29.1 Å². The fourth-order valence-electron chi connectivity index (χ4n) is 3.93. The molecule has 150 valence electrons. The number of anilines is 1. The summed E-state index contributed by atoms with van der Waals surface area (Å²) in [5.41, 5.74) is 3.29. The molecule has 1 fully saturated rings. The van der Waals surface area contributed by atoms with Crippen molar-refractivity contribution in [1.29, 1.82) is 0 Å². The summed E-state index contributed by atoms with van der Waals surface area (Å²) in [7, 11) is 0. The van der Waals surface area contributed by atoms with Gasteiger partial charge in [-0.25, -0.2) is 14.2 Å². The minimum absolute atomic E-state index is 0.169. The molecule has 0 spiro atoms. The number of carbonyl (C=O) groups is 1. The summed E-state index contributed by atoms with van der Waals surface area (Å²) in [6, 6.07) is 21.1. The number of carbonyl (C=O) groups excluding carboxylic acids is 1. The topological polar surface area (TPSA) is 58.4 Å². The Balaban J connectivity index is 1.42. The van der Waals surface area contributed by atoms with Gasteiger partial charge in [0.1, 0.15) is 17.4 Å². The second-order valence-corrected chi connectivity index (χ2v) is 7.36. The molecule has 2 heterocycles. The lowest BCUT2D eigenvalue weighted by atomic mass is 10.0. The van der Waals surface area contributed by atoms with Crippen molar-refractivity contribution in [3.05, 3.63) is 84.5 Å². The van der Waals surface area contributed by atoms with Gasteiger partial charge in [-0.2, -0.15) is 0 Å². The number of hydrogen-bond acceptors (Lipinski definition) is 3. The lowest BCUT2D eigenvalue weighted by Gasteiger charge is -2.22. The van der Waals surface area contributed by atoms with Crippen molar-refractivity contribution in [3.63, 3.8) is 0 Å². The number of halogens is 1. The lowest BCUT2D eigenvalue weighted by molar-refractivity contribution is 0.199. The van der Waals surface area contributed by atoms with Crippen LogP contribution in [0.1, 0.15) is 24.8 Å². The SMILES string of the molecule is O=C(Nc1ccccc1)N1CCCC1c1nc2cc(-c3ccccc3F)ccc2o1. The monoisotopic (exact) mass is 401 g/mol. The van der Waals surface area contributed by atoms with Gasteiger partial charge in [-0.1, -0.05) is 42.5 Å². The van der Waals surface area contributed by atoms with E-state index >= 15 is 0 Å². The maximum atomic E-state index is 14.2. The summed E-state index contributed by atoms with van der Waals surface area (Å²) in [6.45, 7) is 0.641. The van der Waals surface area contributed by atoms with Crippen LogP contribution in [0.2, 0.25) is 0 Å².